The molecule has 0 spiro atoms. The number of thiophene rings is 1. The largest absolute Gasteiger partial charge is 0.391 e. The predicted molar refractivity (Wildman–Crippen MR) is 55.1 cm³/mol. The van der Waals surface area contributed by atoms with E-state index in [-0.39, 0.29) is 6.10 Å². The van der Waals surface area contributed by atoms with Gasteiger partial charge in [0.2, 0.25) is 0 Å². The minimum absolute atomic E-state index is 0.153. The van der Waals surface area contributed by atoms with Gasteiger partial charge in [-0.2, -0.15) is 11.3 Å². The zero-order valence-corrected chi connectivity index (χ0v) is 8.60. The van der Waals surface area contributed by atoms with Crippen LogP contribution in [0.3, 0.4) is 0 Å². The van der Waals surface area contributed by atoms with Gasteiger partial charge in [-0.1, -0.05) is 0 Å². The van der Waals surface area contributed by atoms with E-state index in [4.69, 9.17) is 0 Å². The lowest BCUT2D eigenvalue weighted by Gasteiger charge is -2.12. The highest BCUT2D eigenvalue weighted by Crippen LogP contribution is 2.21. The molecule has 1 saturated heterocycles. The van der Waals surface area contributed by atoms with E-state index in [1.165, 1.54) is 11.1 Å². The SMILES string of the molecule is Cc1cscc1CC1CNCC1O. The van der Waals surface area contributed by atoms with Crippen molar-refractivity contribution in [3.05, 3.63) is 21.9 Å². The van der Waals surface area contributed by atoms with Crippen molar-refractivity contribution in [2.24, 2.45) is 5.92 Å². The van der Waals surface area contributed by atoms with Crippen molar-refractivity contribution in [1.82, 2.24) is 5.32 Å². The summed E-state index contributed by atoms with van der Waals surface area (Å²) in [6, 6.07) is 0. The number of aryl methyl sites for hydroxylation is 1. The number of nitrogens with one attached hydrogen (secondary N) is 1. The molecule has 1 fully saturated rings. The van der Waals surface area contributed by atoms with Crippen molar-refractivity contribution in [2.75, 3.05) is 13.1 Å². The Kier molecular flexibility index (Phi) is 2.67. The number of aliphatic hydroxyl groups is 1. The molecular formula is C10H15NOS. The first-order chi connectivity index (χ1) is 6.27. The van der Waals surface area contributed by atoms with E-state index in [1.807, 2.05) is 0 Å². The minimum atomic E-state index is -0.153. The maximum atomic E-state index is 9.62. The van der Waals surface area contributed by atoms with Crippen LogP contribution in [0.5, 0.6) is 0 Å². The van der Waals surface area contributed by atoms with E-state index >= 15 is 0 Å². The van der Waals surface area contributed by atoms with Crippen LogP contribution < -0.4 is 5.32 Å². The molecule has 13 heavy (non-hydrogen) atoms. The van der Waals surface area contributed by atoms with Crippen molar-refractivity contribution in [3.8, 4) is 0 Å². The zero-order chi connectivity index (χ0) is 9.26. The molecule has 0 saturated carbocycles. The quantitative estimate of drug-likeness (QED) is 0.746. The lowest BCUT2D eigenvalue weighted by Crippen LogP contribution is -2.19. The summed E-state index contributed by atoms with van der Waals surface area (Å²) in [5.41, 5.74) is 2.77. The summed E-state index contributed by atoms with van der Waals surface area (Å²) in [5.74, 6) is 0.410. The Balaban J connectivity index is 2.01. The number of rotatable bonds is 2. The molecule has 0 aliphatic carbocycles. The minimum Gasteiger partial charge on any atom is -0.391 e. The van der Waals surface area contributed by atoms with Crippen LogP contribution >= 0.6 is 11.3 Å². The van der Waals surface area contributed by atoms with Gasteiger partial charge in [0, 0.05) is 19.0 Å². The Hall–Kier alpha value is -0.380. The molecule has 1 aliphatic heterocycles. The molecule has 0 amide bonds. The van der Waals surface area contributed by atoms with Crippen LogP contribution in [0.1, 0.15) is 11.1 Å². The summed E-state index contributed by atoms with van der Waals surface area (Å²) in [4.78, 5) is 0. The first-order valence-corrected chi connectivity index (χ1v) is 5.62. The molecule has 2 unspecified atom stereocenters. The first-order valence-electron chi connectivity index (χ1n) is 4.68. The molecule has 2 heterocycles. The van der Waals surface area contributed by atoms with E-state index in [0.29, 0.717) is 5.92 Å². The summed E-state index contributed by atoms with van der Waals surface area (Å²) < 4.78 is 0. The summed E-state index contributed by atoms with van der Waals surface area (Å²) in [5, 5.41) is 17.2. The van der Waals surface area contributed by atoms with Gasteiger partial charge >= 0.3 is 0 Å². The van der Waals surface area contributed by atoms with Gasteiger partial charge in [-0.3, -0.25) is 0 Å². The fourth-order valence-electron chi connectivity index (χ4n) is 1.81. The van der Waals surface area contributed by atoms with Crippen LogP contribution in [0.2, 0.25) is 0 Å². The Bertz CT molecular complexity index is 284. The molecule has 0 bridgehead atoms. The Morgan fingerprint density at radius 2 is 2.38 bits per heavy atom. The third-order valence-corrected chi connectivity index (χ3v) is 3.66. The molecule has 1 aromatic rings. The highest BCUT2D eigenvalue weighted by atomic mass is 32.1. The lowest BCUT2D eigenvalue weighted by atomic mass is 9.97. The Labute approximate surface area is 82.6 Å². The normalized spacial score (nSPS) is 28.2. The average Bonchev–Trinajstić information content (AvgIpc) is 2.65. The summed E-state index contributed by atoms with van der Waals surface area (Å²) in [7, 11) is 0. The lowest BCUT2D eigenvalue weighted by molar-refractivity contribution is 0.147. The van der Waals surface area contributed by atoms with Gasteiger partial charge in [0.1, 0.15) is 0 Å². The molecule has 2 nitrogen and oxygen atoms in total. The molecule has 2 rings (SSSR count). The van der Waals surface area contributed by atoms with Gasteiger partial charge in [0.05, 0.1) is 6.10 Å². The van der Waals surface area contributed by atoms with Crippen LogP contribution in [0.25, 0.3) is 0 Å². The molecule has 1 aliphatic rings. The maximum absolute atomic E-state index is 9.62. The molecule has 0 aromatic carbocycles. The predicted octanol–water partition coefficient (Wildman–Crippen LogP) is 1.18. The number of aliphatic hydroxyl groups excluding tert-OH is 1. The van der Waals surface area contributed by atoms with Crippen LogP contribution in [0, 0.1) is 12.8 Å². The number of hydrogen-bond donors (Lipinski definition) is 2. The highest BCUT2D eigenvalue weighted by Gasteiger charge is 2.25. The zero-order valence-electron chi connectivity index (χ0n) is 7.79. The van der Waals surface area contributed by atoms with Gasteiger partial charge in [-0.15, -0.1) is 0 Å². The van der Waals surface area contributed by atoms with Gasteiger partial charge in [0.25, 0.3) is 0 Å². The highest BCUT2D eigenvalue weighted by molar-refractivity contribution is 7.08. The second-order valence-electron chi connectivity index (χ2n) is 3.77. The van der Waals surface area contributed by atoms with Crippen LogP contribution in [0.15, 0.2) is 10.8 Å². The third kappa shape index (κ3) is 1.93. The van der Waals surface area contributed by atoms with Crippen LogP contribution in [0.4, 0.5) is 0 Å². The molecule has 2 N–H and O–H groups in total. The second kappa shape index (κ2) is 3.78. The van der Waals surface area contributed by atoms with Crippen molar-refractivity contribution >= 4 is 11.3 Å². The van der Waals surface area contributed by atoms with Gasteiger partial charge in [0.15, 0.2) is 0 Å². The standard InChI is InChI=1S/C10H15NOS/c1-7-5-13-6-9(7)2-8-3-11-4-10(8)12/h5-6,8,10-12H,2-4H2,1H3. The molecule has 1 aromatic heterocycles. The molecule has 0 radical (unpaired) electrons. The second-order valence-corrected chi connectivity index (χ2v) is 4.51. The van der Waals surface area contributed by atoms with E-state index in [9.17, 15) is 5.11 Å². The van der Waals surface area contributed by atoms with Gasteiger partial charge < -0.3 is 10.4 Å². The fourth-order valence-corrected chi connectivity index (χ4v) is 2.68. The first kappa shape index (κ1) is 9.19. The molecular weight excluding hydrogens is 182 g/mol. The van der Waals surface area contributed by atoms with Gasteiger partial charge in [-0.05, 0) is 35.2 Å². The van der Waals surface area contributed by atoms with E-state index in [2.05, 4.69) is 23.0 Å². The molecule has 2 atom stereocenters. The van der Waals surface area contributed by atoms with Crippen molar-refractivity contribution in [1.29, 1.82) is 0 Å². The molecule has 72 valence electrons. The number of hydrogen-bond acceptors (Lipinski definition) is 3. The molecule has 3 heteroatoms. The van der Waals surface area contributed by atoms with Crippen molar-refractivity contribution < 1.29 is 5.11 Å². The summed E-state index contributed by atoms with van der Waals surface area (Å²) in [6.45, 7) is 3.85. The topological polar surface area (TPSA) is 32.3 Å². The average molecular weight is 197 g/mol. The van der Waals surface area contributed by atoms with Crippen LogP contribution in [-0.2, 0) is 6.42 Å². The fraction of sp³-hybridized carbons (Fsp3) is 0.600. The van der Waals surface area contributed by atoms with Crippen molar-refractivity contribution in [2.45, 2.75) is 19.4 Å². The van der Waals surface area contributed by atoms with Crippen LogP contribution in [-0.4, -0.2) is 24.3 Å². The third-order valence-electron chi connectivity index (χ3n) is 2.75. The summed E-state index contributed by atoms with van der Waals surface area (Å²) >= 11 is 1.75. The smallest absolute Gasteiger partial charge is 0.0708 e. The van der Waals surface area contributed by atoms with E-state index < -0.39 is 0 Å². The van der Waals surface area contributed by atoms with Gasteiger partial charge in [-0.25, -0.2) is 0 Å². The van der Waals surface area contributed by atoms with E-state index in [1.54, 1.807) is 11.3 Å². The van der Waals surface area contributed by atoms with E-state index in [0.717, 1.165) is 19.5 Å². The monoisotopic (exact) mass is 197 g/mol. The number of β-amino-alcohol motifs (C(OH)–C–C–N with tert-alkyl or cyclic N) is 1. The summed E-state index contributed by atoms with van der Waals surface area (Å²) in [6.07, 6.45) is 0.864. The Morgan fingerprint density at radius 1 is 1.54 bits per heavy atom. The Morgan fingerprint density at radius 3 is 2.92 bits per heavy atom. The van der Waals surface area contributed by atoms with Crippen molar-refractivity contribution in [3.63, 3.8) is 0 Å². The maximum Gasteiger partial charge on any atom is 0.0708 e.